The lowest BCUT2D eigenvalue weighted by Gasteiger charge is -2.03. The summed E-state index contributed by atoms with van der Waals surface area (Å²) in [5, 5.41) is 11.8. The lowest BCUT2D eigenvalue weighted by molar-refractivity contribution is -0.137. The van der Waals surface area contributed by atoms with Crippen LogP contribution in [-0.4, -0.2) is 24.2 Å². The third kappa shape index (κ3) is 13.4. The van der Waals surface area contributed by atoms with Gasteiger partial charge in [0.1, 0.15) is 0 Å². The highest BCUT2D eigenvalue weighted by Crippen LogP contribution is 2.04. The van der Waals surface area contributed by atoms with Gasteiger partial charge in [-0.1, -0.05) is 32.6 Å². The summed E-state index contributed by atoms with van der Waals surface area (Å²) in [6.07, 6.45) is 8.34. The van der Waals surface area contributed by atoms with Gasteiger partial charge in [-0.25, -0.2) is 0 Å². The van der Waals surface area contributed by atoms with Gasteiger partial charge < -0.3 is 10.4 Å². The molecule has 0 aromatic rings. The lowest BCUT2D eigenvalue weighted by atomic mass is 10.1. The Bertz CT molecular complexity index is 149. The molecule has 2 N–H and O–H groups in total. The molecule has 0 unspecified atom stereocenters. The van der Waals surface area contributed by atoms with Crippen LogP contribution in [0.2, 0.25) is 0 Å². The van der Waals surface area contributed by atoms with Crippen LogP contribution >= 0.6 is 0 Å². The first-order valence-corrected chi connectivity index (χ1v) is 6.20. The van der Waals surface area contributed by atoms with Gasteiger partial charge in [-0.15, -0.1) is 0 Å². The topological polar surface area (TPSA) is 49.3 Å². The number of hydrogen-bond acceptors (Lipinski definition) is 2. The van der Waals surface area contributed by atoms with E-state index in [9.17, 15) is 4.79 Å². The number of nitrogens with one attached hydrogen (secondary N) is 1. The Labute approximate surface area is 93.3 Å². The summed E-state index contributed by atoms with van der Waals surface area (Å²) in [6, 6.07) is 0. The molecule has 3 heteroatoms. The molecule has 90 valence electrons. The van der Waals surface area contributed by atoms with Crippen molar-refractivity contribution in [2.75, 3.05) is 13.1 Å². The summed E-state index contributed by atoms with van der Waals surface area (Å²) in [7, 11) is 0. The van der Waals surface area contributed by atoms with Crippen LogP contribution in [0, 0.1) is 0 Å². The minimum Gasteiger partial charge on any atom is -0.481 e. The van der Waals surface area contributed by atoms with Gasteiger partial charge in [-0.2, -0.15) is 0 Å². The smallest absolute Gasteiger partial charge is 0.303 e. The minimum absolute atomic E-state index is 0.328. The highest BCUT2D eigenvalue weighted by Gasteiger charge is 1.96. The predicted octanol–water partition coefficient (Wildman–Crippen LogP) is 2.80. The molecule has 0 aliphatic heterocycles. The first kappa shape index (κ1) is 14.4. The second kappa shape index (κ2) is 11.5. The summed E-state index contributed by atoms with van der Waals surface area (Å²) < 4.78 is 0. The molecule has 0 aromatic heterocycles. The van der Waals surface area contributed by atoms with Crippen molar-refractivity contribution < 1.29 is 9.90 Å². The molecule has 0 aliphatic rings. The maximum Gasteiger partial charge on any atom is 0.303 e. The Morgan fingerprint density at radius 3 is 2.27 bits per heavy atom. The van der Waals surface area contributed by atoms with Crippen LogP contribution in [0.4, 0.5) is 0 Å². The van der Waals surface area contributed by atoms with Crippen molar-refractivity contribution in [3.8, 4) is 0 Å². The third-order valence-corrected chi connectivity index (χ3v) is 2.45. The Morgan fingerprint density at radius 2 is 1.60 bits per heavy atom. The van der Waals surface area contributed by atoms with Gasteiger partial charge in [0, 0.05) is 6.42 Å². The average molecular weight is 215 g/mol. The summed E-state index contributed by atoms with van der Waals surface area (Å²) in [5.74, 6) is -0.670. The van der Waals surface area contributed by atoms with Crippen LogP contribution in [0.3, 0.4) is 0 Å². The molecule has 0 saturated carbocycles. The maximum atomic E-state index is 10.2. The van der Waals surface area contributed by atoms with Crippen LogP contribution in [0.25, 0.3) is 0 Å². The lowest BCUT2D eigenvalue weighted by Crippen LogP contribution is -2.16. The molecule has 0 heterocycles. The van der Waals surface area contributed by atoms with Gasteiger partial charge in [0.25, 0.3) is 0 Å². The summed E-state index contributed by atoms with van der Waals surface area (Å²) in [4.78, 5) is 10.2. The second-order valence-electron chi connectivity index (χ2n) is 4.02. The number of carboxylic acids is 1. The van der Waals surface area contributed by atoms with E-state index in [1.165, 1.54) is 32.1 Å². The van der Waals surface area contributed by atoms with Crippen LogP contribution < -0.4 is 5.32 Å². The first-order chi connectivity index (χ1) is 7.27. The third-order valence-electron chi connectivity index (χ3n) is 2.45. The standard InChI is InChI=1S/C12H25NO2/c1-2-3-10-13-11-8-6-4-5-7-9-12(14)15/h13H,2-11H2,1H3,(H,14,15). The van der Waals surface area contributed by atoms with Crippen LogP contribution in [0.5, 0.6) is 0 Å². The molecule has 3 nitrogen and oxygen atoms in total. The van der Waals surface area contributed by atoms with Crippen LogP contribution in [-0.2, 0) is 4.79 Å². The summed E-state index contributed by atoms with van der Waals surface area (Å²) in [5.41, 5.74) is 0. The Morgan fingerprint density at radius 1 is 1.00 bits per heavy atom. The molecule has 0 rings (SSSR count). The van der Waals surface area contributed by atoms with Gasteiger partial charge in [0.05, 0.1) is 0 Å². The van der Waals surface area contributed by atoms with E-state index in [0.29, 0.717) is 6.42 Å². The largest absolute Gasteiger partial charge is 0.481 e. The molecular weight excluding hydrogens is 190 g/mol. The van der Waals surface area contributed by atoms with E-state index in [4.69, 9.17) is 5.11 Å². The van der Waals surface area contributed by atoms with Crippen LogP contribution in [0.15, 0.2) is 0 Å². The Kier molecular flexibility index (Phi) is 11.1. The minimum atomic E-state index is -0.670. The Hall–Kier alpha value is -0.570. The molecule has 0 spiro atoms. The van der Waals surface area contributed by atoms with E-state index in [1.54, 1.807) is 0 Å². The number of rotatable bonds is 11. The fourth-order valence-electron chi connectivity index (χ4n) is 1.48. The highest BCUT2D eigenvalue weighted by atomic mass is 16.4. The number of aliphatic carboxylic acids is 1. The number of carboxylic acid groups (broad SMARTS) is 1. The summed E-state index contributed by atoms with van der Waals surface area (Å²) >= 11 is 0. The van der Waals surface area contributed by atoms with E-state index < -0.39 is 5.97 Å². The quantitative estimate of drug-likeness (QED) is 0.521. The van der Waals surface area contributed by atoms with Crippen molar-refractivity contribution in [3.05, 3.63) is 0 Å². The normalized spacial score (nSPS) is 10.5. The monoisotopic (exact) mass is 215 g/mol. The van der Waals surface area contributed by atoms with Gasteiger partial charge >= 0.3 is 5.97 Å². The molecule has 0 saturated heterocycles. The zero-order valence-corrected chi connectivity index (χ0v) is 9.93. The van der Waals surface area contributed by atoms with E-state index in [0.717, 1.165) is 25.9 Å². The molecular formula is C12H25NO2. The zero-order valence-electron chi connectivity index (χ0n) is 9.93. The fraction of sp³-hybridized carbons (Fsp3) is 0.917. The van der Waals surface area contributed by atoms with Crippen molar-refractivity contribution in [1.82, 2.24) is 5.32 Å². The SMILES string of the molecule is CCCCNCCCCCCCC(=O)O. The van der Waals surface area contributed by atoms with Crippen LogP contribution in [0.1, 0.15) is 58.3 Å². The van der Waals surface area contributed by atoms with Gasteiger partial charge in [-0.05, 0) is 32.4 Å². The van der Waals surface area contributed by atoms with Crippen molar-refractivity contribution in [1.29, 1.82) is 0 Å². The van der Waals surface area contributed by atoms with Crippen molar-refractivity contribution in [3.63, 3.8) is 0 Å². The molecule has 0 aliphatic carbocycles. The van der Waals surface area contributed by atoms with Gasteiger partial charge in [0.2, 0.25) is 0 Å². The molecule has 0 fully saturated rings. The van der Waals surface area contributed by atoms with E-state index in [2.05, 4.69) is 12.2 Å². The number of unbranched alkanes of at least 4 members (excludes halogenated alkanes) is 5. The molecule has 0 bridgehead atoms. The number of carbonyl (C=O) groups is 1. The molecule has 0 atom stereocenters. The van der Waals surface area contributed by atoms with Crippen molar-refractivity contribution in [2.24, 2.45) is 0 Å². The fourth-order valence-corrected chi connectivity index (χ4v) is 1.48. The molecule has 0 radical (unpaired) electrons. The van der Waals surface area contributed by atoms with Gasteiger partial charge in [-0.3, -0.25) is 4.79 Å². The molecule has 15 heavy (non-hydrogen) atoms. The van der Waals surface area contributed by atoms with Crippen molar-refractivity contribution in [2.45, 2.75) is 58.3 Å². The maximum absolute atomic E-state index is 10.2. The number of hydrogen-bond donors (Lipinski definition) is 2. The zero-order chi connectivity index (χ0) is 11.4. The highest BCUT2D eigenvalue weighted by molar-refractivity contribution is 5.66. The summed E-state index contributed by atoms with van der Waals surface area (Å²) in [6.45, 7) is 4.44. The molecule has 0 amide bonds. The molecule has 0 aromatic carbocycles. The van der Waals surface area contributed by atoms with Crippen molar-refractivity contribution >= 4 is 5.97 Å². The average Bonchev–Trinajstić information content (AvgIpc) is 2.20. The predicted molar refractivity (Wildman–Crippen MR) is 63.1 cm³/mol. The Balaban J connectivity index is 2.89. The van der Waals surface area contributed by atoms with E-state index in [-0.39, 0.29) is 0 Å². The van der Waals surface area contributed by atoms with Gasteiger partial charge in [0.15, 0.2) is 0 Å². The first-order valence-electron chi connectivity index (χ1n) is 6.20. The second-order valence-corrected chi connectivity index (χ2v) is 4.02. The van der Waals surface area contributed by atoms with E-state index in [1.807, 2.05) is 0 Å². The van der Waals surface area contributed by atoms with E-state index >= 15 is 0 Å².